The van der Waals surface area contributed by atoms with Crippen molar-refractivity contribution in [3.8, 4) is 11.5 Å². The molecule has 1 heterocycles. The predicted octanol–water partition coefficient (Wildman–Crippen LogP) is 3.98. The summed E-state index contributed by atoms with van der Waals surface area (Å²) in [5.74, 6) is 1.03. The first-order valence-corrected chi connectivity index (χ1v) is 7.45. The van der Waals surface area contributed by atoms with Gasteiger partial charge in [0.05, 0.1) is 15.6 Å². The largest absolute Gasteiger partial charge is 0.421 e. The maximum Gasteiger partial charge on any atom is 0.249 e. The molecule has 0 aliphatic carbocycles. The number of hydrogen-bond acceptors (Lipinski definition) is 4. The van der Waals surface area contributed by atoms with E-state index in [1.165, 1.54) is 0 Å². The van der Waals surface area contributed by atoms with Crippen LogP contribution < -0.4 is 5.32 Å². The highest BCUT2D eigenvalue weighted by Gasteiger charge is 2.13. The molecule has 0 saturated carbocycles. The van der Waals surface area contributed by atoms with Gasteiger partial charge in [-0.3, -0.25) is 0 Å². The van der Waals surface area contributed by atoms with Crippen molar-refractivity contribution in [1.82, 2.24) is 15.5 Å². The van der Waals surface area contributed by atoms with Crippen molar-refractivity contribution >= 4 is 23.2 Å². The minimum absolute atomic E-state index is 0.411. The molecule has 0 atom stereocenters. The zero-order valence-electron chi connectivity index (χ0n) is 11.3. The summed E-state index contributed by atoms with van der Waals surface area (Å²) in [6, 6.07) is 5.35. The van der Waals surface area contributed by atoms with Gasteiger partial charge in [0.15, 0.2) is 0 Å². The summed E-state index contributed by atoms with van der Waals surface area (Å²) in [6.07, 6.45) is 2.85. The van der Waals surface area contributed by atoms with Crippen molar-refractivity contribution < 1.29 is 4.42 Å². The number of nitrogens with zero attached hydrogens (tertiary/aromatic N) is 2. The molecule has 2 aromatic rings. The van der Waals surface area contributed by atoms with E-state index in [0.717, 1.165) is 32.4 Å². The van der Waals surface area contributed by atoms with Crippen molar-refractivity contribution in [3.63, 3.8) is 0 Å². The molecule has 1 aromatic heterocycles. The molecule has 1 N–H and O–H groups in total. The average molecular weight is 314 g/mol. The van der Waals surface area contributed by atoms with Gasteiger partial charge in [-0.1, -0.05) is 36.2 Å². The summed E-state index contributed by atoms with van der Waals surface area (Å²) in [4.78, 5) is 0. The van der Waals surface area contributed by atoms with E-state index < -0.39 is 0 Å². The Balaban J connectivity index is 1.97. The second-order valence-electron chi connectivity index (χ2n) is 4.46. The molecule has 0 bridgehead atoms. The lowest BCUT2D eigenvalue weighted by Crippen LogP contribution is -2.16. The van der Waals surface area contributed by atoms with Crippen LogP contribution >= 0.6 is 23.2 Å². The van der Waals surface area contributed by atoms with Crippen molar-refractivity contribution in [2.75, 3.05) is 13.1 Å². The maximum atomic E-state index is 6.13. The molecule has 0 aliphatic heterocycles. The molecule has 0 fully saturated rings. The SMILES string of the molecule is CCCNCCCc1nnc(-c2cccc(Cl)c2Cl)o1. The third-order valence-electron chi connectivity index (χ3n) is 2.82. The van der Waals surface area contributed by atoms with Gasteiger partial charge < -0.3 is 9.73 Å². The van der Waals surface area contributed by atoms with Gasteiger partial charge in [-0.25, -0.2) is 0 Å². The molecule has 1 aromatic carbocycles. The molecule has 0 radical (unpaired) electrons. The fraction of sp³-hybridized carbons (Fsp3) is 0.429. The van der Waals surface area contributed by atoms with Crippen molar-refractivity contribution in [1.29, 1.82) is 0 Å². The van der Waals surface area contributed by atoms with Gasteiger partial charge in [0.25, 0.3) is 0 Å². The third kappa shape index (κ3) is 3.95. The fourth-order valence-corrected chi connectivity index (χ4v) is 2.18. The molecular formula is C14H17Cl2N3O. The summed E-state index contributed by atoms with van der Waals surface area (Å²) in [5, 5.41) is 12.3. The summed E-state index contributed by atoms with van der Waals surface area (Å²) in [6.45, 7) is 4.13. The van der Waals surface area contributed by atoms with Gasteiger partial charge in [-0.15, -0.1) is 10.2 Å². The fourth-order valence-electron chi connectivity index (χ4n) is 1.80. The Labute approximate surface area is 128 Å². The Bertz CT molecular complexity index is 557. The Hall–Kier alpha value is -1.10. The van der Waals surface area contributed by atoms with E-state index in [9.17, 15) is 0 Å². The average Bonchev–Trinajstić information content (AvgIpc) is 2.90. The first kappa shape index (κ1) is 15.3. The van der Waals surface area contributed by atoms with Gasteiger partial charge in [-0.05, 0) is 38.1 Å². The molecule has 6 heteroatoms. The molecule has 0 aliphatic rings. The van der Waals surface area contributed by atoms with Crippen LogP contribution in [0, 0.1) is 0 Å². The van der Waals surface area contributed by atoms with E-state index in [0.29, 0.717) is 27.4 Å². The second-order valence-corrected chi connectivity index (χ2v) is 5.24. The van der Waals surface area contributed by atoms with Crippen LogP contribution in [-0.4, -0.2) is 23.3 Å². The highest BCUT2D eigenvalue weighted by molar-refractivity contribution is 6.43. The molecular weight excluding hydrogens is 297 g/mol. The van der Waals surface area contributed by atoms with E-state index in [1.54, 1.807) is 6.07 Å². The molecule has 0 amide bonds. The highest BCUT2D eigenvalue weighted by Crippen LogP contribution is 2.32. The number of nitrogens with one attached hydrogen (secondary N) is 1. The Morgan fingerprint density at radius 2 is 2.05 bits per heavy atom. The molecule has 0 saturated heterocycles. The van der Waals surface area contributed by atoms with Crippen molar-refractivity contribution in [3.05, 3.63) is 34.1 Å². The highest BCUT2D eigenvalue weighted by atomic mass is 35.5. The normalized spacial score (nSPS) is 10.9. The maximum absolute atomic E-state index is 6.13. The number of aromatic nitrogens is 2. The van der Waals surface area contributed by atoms with E-state index in [-0.39, 0.29) is 0 Å². The smallest absolute Gasteiger partial charge is 0.249 e. The molecule has 2 rings (SSSR count). The third-order valence-corrected chi connectivity index (χ3v) is 3.64. The lowest BCUT2D eigenvalue weighted by atomic mass is 10.2. The minimum Gasteiger partial charge on any atom is -0.421 e. The van der Waals surface area contributed by atoms with Gasteiger partial charge in [0, 0.05) is 6.42 Å². The van der Waals surface area contributed by atoms with E-state index in [1.807, 2.05) is 12.1 Å². The lowest BCUT2D eigenvalue weighted by molar-refractivity contribution is 0.491. The number of benzene rings is 1. The standard InChI is InChI=1S/C14H17Cl2N3O/c1-2-8-17-9-4-7-12-18-19-14(20-12)10-5-3-6-11(15)13(10)16/h3,5-6,17H,2,4,7-9H2,1H3. The van der Waals surface area contributed by atoms with E-state index in [2.05, 4.69) is 22.4 Å². The monoisotopic (exact) mass is 313 g/mol. The molecule has 4 nitrogen and oxygen atoms in total. The first-order valence-electron chi connectivity index (χ1n) is 6.70. The number of halogens is 2. The van der Waals surface area contributed by atoms with E-state index in [4.69, 9.17) is 27.6 Å². The number of rotatable bonds is 7. The van der Waals surface area contributed by atoms with Gasteiger partial charge in [-0.2, -0.15) is 0 Å². The van der Waals surface area contributed by atoms with Crippen molar-refractivity contribution in [2.45, 2.75) is 26.2 Å². The van der Waals surface area contributed by atoms with Crippen LogP contribution in [0.1, 0.15) is 25.7 Å². The van der Waals surface area contributed by atoms with Gasteiger partial charge >= 0.3 is 0 Å². The van der Waals surface area contributed by atoms with Crippen LogP contribution in [0.4, 0.5) is 0 Å². The molecule has 108 valence electrons. The summed E-state index contributed by atoms with van der Waals surface area (Å²) in [7, 11) is 0. The lowest BCUT2D eigenvalue weighted by Gasteiger charge is -2.01. The number of aryl methyl sites for hydroxylation is 1. The van der Waals surface area contributed by atoms with Crippen LogP contribution in [0.15, 0.2) is 22.6 Å². The summed E-state index contributed by atoms with van der Waals surface area (Å²) >= 11 is 12.1. The second kappa shape index (κ2) is 7.62. The Kier molecular flexibility index (Phi) is 5.83. The van der Waals surface area contributed by atoms with Crippen LogP contribution in [0.2, 0.25) is 10.0 Å². The zero-order valence-corrected chi connectivity index (χ0v) is 12.8. The predicted molar refractivity (Wildman–Crippen MR) is 81.2 cm³/mol. The molecule has 0 unspecified atom stereocenters. The number of hydrogen-bond donors (Lipinski definition) is 1. The van der Waals surface area contributed by atoms with Gasteiger partial charge in [0.1, 0.15) is 0 Å². The Morgan fingerprint density at radius 1 is 1.20 bits per heavy atom. The van der Waals surface area contributed by atoms with Crippen LogP contribution in [0.25, 0.3) is 11.5 Å². The van der Waals surface area contributed by atoms with Crippen molar-refractivity contribution in [2.24, 2.45) is 0 Å². The summed E-state index contributed by atoms with van der Waals surface area (Å²) in [5.41, 5.74) is 0.669. The molecule has 0 spiro atoms. The van der Waals surface area contributed by atoms with E-state index >= 15 is 0 Å². The van der Waals surface area contributed by atoms with Crippen LogP contribution in [-0.2, 0) is 6.42 Å². The molecule has 20 heavy (non-hydrogen) atoms. The minimum atomic E-state index is 0.411. The topological polar surface area (TPSA) is 51.0 Å². The van der Waals surface area contributed by atoms with Gasteiger partial charge in [0.2, 0.25) is 11.8 Å². The van der Waals surface area contributed by atoms with Crippen LogP contribution in [0.3, 0.4) is 0 Å². The quantitative estimate of drug-likeness (QED) is 0.786. The summed E-state index contributed by atoms with van der Waals surface area (Å²) < 4.78 is 5.62. The van der Waals surface area contributed by atoms with Crippen LogP contribution in [0.5, 0.6) is 0 Å². The zero-order chi connectivity index (χ0) is 14.4. The first-order chi connectivity index (χ1) is 9.72. The Morgan fingerprint density at radius 3 is 2.85 bits per heavy atom.